The molecule has 0 aliphatic heterocycles. The van der Waals surface area contributed by atoms with Crippen LogP contribution in [0.5, 0.6) is 5.75 Å². The second-order valence-corrected chi connectivity index (χ2v) is 5.73. The lowest BCUT2D eigenvalue weighted by atomic mass is 9.75. The number of carbonyl (C=O) groups is 1. The zero-order valence-corrected chi connectivity index (χ0v) is 13.4. The van der Waals surface area contributed by atoms with Gasteiger partial charge in [-0.3, -0.25) is 5.32 Å². The van der Waals surface area contributed by atoms with Gasteiger partial charge in [0.25, 0.3) is 0 Å². The molecule has 4 nitrogen and oxygen atoms in total. The molecule has 2 unspecified atom stereocenters. The van der Waals surface area contributed by atoms with E-state index in [9.17, 15) is 4.79 Å². The molecule has 1 N–H and O–H groups in total. The van der Waals surface area contributed by atoms with E-state index in [1.165, 1.54) is 12.7 Å². The molecule has 0 spiro atoms. The SMILES string of the molecule is CCC(C)NC1(C(=O)OC)CCCc2cc(OC)ccc21. The predicted molar refractivity (Wildman–Crippen MR) is 82.5 cm³/mol. The Hall–Kier alpha value is -1.55. The lowest BCUT2D eigenvalue weighted by Crippen LogP contribution is -2.54. The van der Waals surface area contributed by atoms with Gasteiger partial charge in [0.15, 0.2) is 0 Å². The fourth-order valence-corrected chi connectivity index (χ4v) is 3.12. The van der Waals surface area contributed by atoms with E-state index in [1.807, 2.05) is 18.2 Å². The molecule has 0 radical (unpaired) electrons. The van der Waals surface area contributed by atoms with Crippen LogP contribution in [-0.2, 0) is 21.5 Å². The Morgan fingerprint density at radius 2 is 2.19 bits per heavy atom. The lowest BCUT2D eigenvalue weighted by Gasteiger charge is -2.39. The molecule has 1 aliphatic carbocycles. The van der Waals surface area contributed by atoms with Crippen LogP contribution in [-0.4, -0.2) is 26.2 Å². The van der Waals surface area contributed by atoms with Crippen molar-refractivity contribution in [3.8, 4) is 5.75 Å². The molecule has 0 saturated heterocycles. The van der Waals surface area contributed by atoms with Gasteiger partial charge in [0.05, 0.1) is 14.2 Å². The van der Waals surface area contributed by atoms with E-state index in [-0.39, 0.29) is 12.0 Å². The summed E-state index contributed by atoms with van der Waals surface area (Å²) < 4.78 is 10.4. The zero-order valence-electron chi connectivity index (χ0n) is 13.4. The molecule has 116 valence electrons. The average Bonchev–Trinajstić information content (AvgIpc) is 2.53. The van der Waals surface area contributed by atoms with Gasteiger partial charge in [0.2, 0.25) is 0 Å². The van der Waals surface area contributed by atoms with Crippen molar-refractivity contribution >= 4 is 5.97 Å². The smallest absolute Gasteiger partial charge is 0.330 e. The monoisotopic (exact) mass is 291 g/mol. The first-order valence-corrected chi connectivity index (χ1v) is 7.61. The molecule has 0 heterocycles. The molecule has 4 heteroatoms. The topological polar surface area (TPSA) is 47.6 Å². The molecule has 0 amide bonds. The highest BCUT2D eigenvalue weighted by atomic mass is 16.5. The number of hydrogen-bond donors (Lipinski definition) is 1. The Morgan fingerprint density at radius 1 is 1.43 bits per heavy atom. The van der Waals surface area contributed by atoms with E-state index < -0.39 is 5.54 Å². The summed E-state index contributed by atoms with van der Waals surface area (Å²) in [6, 6.07) is 6.20. The Kier molecular flexibility index (Phi) is 4.88. The van der Waals surface area contributed by atoms with E-state index >= 15 is 0 Å². The molecule has 0 aromatic heterocycles. The van der Waals surface area contributed by atoms with E-state index in [0.29, 0.717) is 0 Å². The summed E-state index contributed by atoms with van der Waals surface area (Å²) in [5.41, 5.74) is 1.47. The van der Waals surface area contributed by atoms with E-state index in [0.717, 1.165) is 37.0 Å². The molecular formula is C17H25NO3. The van der Waals surface area contributed by atoms with Crippen molar-refractivity contribution in [1.29, 1.82) is 0 Å². The zero-order chi connectivity index (χ0) is 15.5. The molecule has 0 bridgehead atoms. The third kappa shape index (κ3) is 2.91. The molecule has 1 aliphatic rings. The molecule has 2 atom stereocenters. The van der Waals surface area contributed by atoms with Crippen LogP contribution in [0.4, 0.5) is 0 Å². The van der Waals surface area contributed by atoms with Gasteiger partial charge in [0, 0.05) is 6.04 Å². The minimum atomic E-state index is -0.732. The van der Waals surface area contributed by atoms with Crippen molar-refractivity contribution in [3.63, 3.8) is 0 Å². The van der Waals surface area contributed by atoms with Gasteiger partial charge in [-0.15, -0.1) is 0 Å². The maximum atomic E-state index is 12.5. The van der Waals surface area contributed by atoms with Gasteiger partial charge in [-0.1, -0.05) is 13.0 Å². The first-order valence-electron chi connectivity index (χ1n) is 7.61. The lowest BCUT2D eigenvalue weighted by molar-refractivity contribution is -0.150. The highest BCUT2D eigenvalue weighted by Crippen LogP contribution is 2.38. The van der Waals surface area contributed by atoms with E-state index in [2.05, 4.69) is 19.2 Å². The molecule has 1 aromatic rings. The summed E-state index contributed by atoms with van der Waals surface area (Å²) in [7, 11) is 3.12. The number of rotatable bonds is 5. The van der Waals surface area contributed by atoms with E-state index in [4.69, 9.17) is 9.47 Å². The maximum absolute atomic E-state index is 12.5. The molecule has 0 fully saturated rings. The van der Waals surface area contributed by atoms with Crippen LogP contribution in [0.15, 0.2) is 18.2 Å². The summed E-state index contributed by atoms with van der Waals surface area (Å²) in [6.07, 6.45) is 3.65. The van der Waals surface area contributed by atoms with Crippen LogP contribution in [0, 0.1) is 0 Å². The Morgan fingerprint density at radius 3 is 2.81 bits per heavy atom. The Bertz CT molecular complexity index is 515. The number of fused-ring (bicyclic) bond motifs is 1. The van der Waals surface area contributed by atoms with Crippen LogP contribution in [0.3, 0.4) is 0 Å². The number of aryl methyl sites for hydroxylation is 1. The molecule has 1 aromatic carbocycles. The quantitative estimate of drug-likeness (QED) is 0.847. The predicted octanol–water partition coefficient (Wildman–Crippen LogP) is 2.79. The number of nitrogens with one attached hydrogen (secondary N) is 1. The molecule has 0 saturated carbocycles. The molecule has 2 rings (SSSR count). The van der Waals surface area contributed by atoms with Gasteiger partial charge in [0.1, 0.15) is 11.3 Å². The standard InChI is InChI=1S/C17H25NO3/c1-5-12(2)18-17(16(19)21-4)10-6-7-13-11-14(20-3)8-9-15(13)17/h8-9,11-12,18H,5-7,10H2,1-4H3. The summed E-state index contributed by atoms with van der Waals surface area (Å²) in [6.45, 7) is 4.21. The Labute approximate surface area is 126 Å². The van der Waals surface area contributed by atoms with Crippen molar-refractivity contribution < 1.29 is 14.3 Å². The van der Waals surface area contributed by atoms with Crippen LogP contribution in [0.2, 0.25) is 0 Å². The van der Waals surface area contributed by atoms with Gasteiger partial charge < -0.3 is 9.47 Å². The van der Waals surface area contributed by atoms with Crippen molar-refractivity contribution in [2.75, 3.05) is 14.2 Å². The van der Waals surface area contributed by atoms with Gasteiger partial charge in [-0.2, -0.15) is 0 Å². The minimum Gasteiger partial charge on any atom is -0.497 e. The number of methoxy groups -OCH3 is 2. The molecule has 21 heavy (non-hydrogen) atoms. The van der Waals surface area contributed by atoms with Crippen molar-refractivity contribution in [2.45, 2.75) is 51.1 Å². The van der Waals surface area contributed by atoms with Crippen LogP contribution < -0.4 is 10.1 Å². The van der Waals surface area contributed by atoms with Crippen LogP contribution in [0.1, 0.15) is 44.2 Å². The van der Waals surface area contributed by atoms with Gasteiger partial charge >= 0.3 is 5.97 Å². The third-order valence-corrected chi connectivity index (χ3v) is 4.41. The maximum Gasteiger partial charge on any atom is 0.330 e. The number of esters is 1. The van der Waals surface area contributed by atoms with Crippen LogP contribution in [0.25, 0.3) is 0 Å². The second kappa shape index (κ2) is 6.48. The van der Waals surface area contributed by atoms with Crippen LogP contribution >= 0.6 is 0 Å². The van der Waals surface area contributed by atoms with E-state index in [1.54, 1.807) is 7.11 Å². The highest BCUT2D eigenvalue weighted by Gasteiger charge is 2.45. The summed E-state index contributed by atoms with van der Waals surface area (Å²) in [5, 5.41) is 3.51. The first kappa shape index (κ1) is 15.8. The van der Waals surface area contributed by atoms with Gasteiger partial charge in [-0.25, -0.2) is 4.79 Å². The third-order valence-electron chi connectivity index (χ3n) is 4.41. The Balaban J connectivity index is 2.50. The molecular weight excluding hydrogens is 266 g/mol. The second-order valence-electron chi connectivity index (χ2n) is 5.73. The number of ether oxygens (including phenoxy) is 2. The normalized spacial score (nSPS) is 22.3. The van der Waals surface area contributed by atoms with Crippen molar-refractivity contribution in [1.82, 2.24) is 5.32 Å². The number of benzene rings is 1. The van der Waals surface area contributed by atoms with Gasteiger partial charge in [-0.05, 0) is 55.9 Å². The highest BCUT2D eigenvalue weighted by molar-refractivity contribution is 5.83. The summed E-state index contributed by atoms with van der Waals surface area (Å²) in [5.74, 6) is 0.631. The largest absolute Gasteiger partial charge is 0.497 e. The first-order chi connectivity index (χ1) is 10.1. The summed E-state index contributed by atoms with van der Waals surface area (Å²) in [4.78, 5) is 12.5. The summed E-state index contributed by atoms with van der Waals surface area (Å²) >= 11 is 0. The fraction of sp³-hybridized carbons (Fsp3) is 0.588. The van der Waals surface area contributed by atoms with Crippen molar-refractivity contribution in [2.24, 2.45) is 0 Å². The average molecular weight is 291 g/mol. The minimum absolute atomic E-state index is 0.200. The van der Waals surface area contributed by atoms with Crippen molar-refractivity contribution in [3.05, 3.63) is 29.3 Å². The fourth-order valence-electron chi connectivity index (χ4n) is 3.12. The number of carbonyl (C=O) groups excluding carboxylic acids is 1. The number of hydrogen-bond acceptors (Lipinski definition) is 4.